The Morgan fingerprint density at radius 1 is 1.03 bits per heavy atom. The molecule has 0 aromatic heterocycles. The van der Waals surface area contributed by atoms with E-state index in [0.29, 0.717) is 31.7 Å². The van der Waals surface area contributed by atoms with E-state index in [2.05, 4.69) is 10.9 Å². The topological polar surface area (TPSA) is 97.0 Å². The monoisotopic (exact) mass is 405 g/mol. The first-order valence-corrected chi connectivity index (χ1v) is 9.81. The second-order valence-corrected chi connectivity index (χ2v) is 8.39. The van der Waals surface area contributed by atoms with Gasteiger partial charge in [-0.2, -0.15) is 0 Å². The van der Waals surface area contributed by atoms with Gasteiger partial charge in [0.1, 0.15) is 11.4 Å². The van der Waals surface area contributed by atoms with E-state index < -0.39 is 11.5 Å². The second-order valence-electron chi connectivity index (χ2n) is 8.39. The van der Waals surface area contributed by atoms with Gasteiger partial charge in [0.25, 0.3) is 5.91 Å². The van der Waals surface area contributed by atoms with Crippen LogP contribution in [0.2, 0.25) is 0 Å². The maximum atomic E-state index is 12.3. The standard InChI is InChI=1S/C21H31N3O5/c1-14-10-15(2)12-17(11-14)28-13-18(25)22-23-19(26)16-6-8-24(9-7-16)20(27)29-21(3,4)5/h10-12,16H,6-9,13H2,1-5H3,(H,22,25)(H,23,26). The van der Waals surface area contributed by atoms with Crippen LogP contribution in [0, 0.1) is 19.8 Å². The van der Waals surface area contributed by atoms with Gasteiger partial charge < -0.3 is 14.4 Å². The smallest absolute Gasteiger partial charge is 0.410 e. The molecule has 3 amide bonds. The van der Waals surface area contributed by atoms with Gasteiger partial charge in [-0.15, -0.1) is 0 Å². The molecule has 0 bridgehead atoms. The second kappa shape index (κ2) is 9.62. The lowest BCUT2D eigenvalue weighted by atomic mass is 9.96. The van der Waals surface area contributed by atoms with Gasteiger partial charge in [0.05, 0.1) is 0 Å². The fourth-order valence-corrected chi connectivity index (χ4v) is 3.09. The van der Waals surface area contributed by atoms with Crippen molar-refractivity contribution >= 4 is 17.9 Å². The average molecular weight is 405 g/mol. The van der Waals surface area contributed by atoms with E-state index in [1.54, 1.807) is 4.90 Å². The van der Waals surface area contributed by atoms with Gasteiger partial charge in [-0.1, -0.05) is 6.07 Å². The first kappa shape index (κ1) is 22.5. The van der Waals surface area contributed by atoms with Crippen LogP contribution in [0.1, 0.15) is 44.7 Å². The van der Waals surface area contributed by atoms with Crippen LogP contribution >= 0.6 is 0 Å². The fourth-order valence-electron chi connectivity index (χ4n) is 3.09. The Labute approximate surface area is 171 Å². The molecule has 29 heavy (non-hydrogen) atoms. The number of amides is 3. The molecule has 1 aromatic carbocycles. The van der Waals surface area contributed by atoms with Crippen molar-refractivity contribution in [3.05, 3.63) is 29.3 Å². The predicted octanol–water partition coefficient (Wildman–Crippen LogP) is 2.48. The number of hydrogen-bond donors (Lipinski definition) is 2. The molecule has 8 heteroatoms. The maximum Gasteiger partial charge on any atom is 0.410 e. The SMILES string of the molecule is Cc1cc(C)cc(OCC(=O)NNC(=O)C2CCN(C(=O)OC(C)(C)C)CC2)c1. The molecule has 1 aliphatic rings. The summed E-state index contributed by atoms with van der Waals surface area (Å²) in [7, 11) is 0. The van der Waals surface area contributed by atoms with Crippen LogP contribution in [-0.4, -0.2) is 48.1 Å². The van der Waals surface area contributed by atoms with Gasteiger partial charge in [-0.05, 0) is 70.7 Å². The minimum atomic E-state index is -0.547. The molecular formula is C21H31N3O5. The van der Waals surface area contributed by atoms with Crippen molar-refractivity contribution in [1.29, 1.82) is 0 Å². The number of piperidine rings is 1. The van der Waals surface area contributed by atoms with Crippen molar-refractivity contribution in [2.75, 3.05) is 19.7 Å². The molecule has 0 aliphatic carbocycles. The van der Waals surface area contributed by atoms with Gasteiger partial charge in [0.15, 0.2) is 6.61 Å². The van der Waals surface area contributed by atoms with Gasteiger partial charge in [-0.25, -0.2) is 4.79 Å². The first-order valence-electron chi connectivity index (χ1n) is 9.81. The van der Waals surface area contributed by atoms with E-state index in [4.69, 9.17) is 9.47 Å². The van der Waals surface area contributed by atoms with Gasteiger partial charge in [-0.3, -0.25) is 20.4 Å². The Kier molecular flexibility index (Phi) is 7.47. The van der Waals surface area contributed by atoms with Crippen molar-refractivity contribution in [2.24, 2.45) is 5.92 Å². The minimum absolute atomic E-state index is 0.194. The number of carbonyl (C=O) groups excluding carboxylic acids is 3. The third-order valence-corrected chi connectivity index (χ3v) is 4.41. The molecule has 160 valence electrons. The molecule has 1 heterocycles. The zero-order valence-electron chi connectivity index (χ0n) is 17.8. The number of carbonyl (C=O) groups is 3. The van der Waals surface area contributed by atoms with E-state index in [-0.39, 0.29) is 24.5 Å². The van der Waals surface area contributed by atoms with Crippen molar-refractivity contribution in [3.63, 3.8) is 0 Å². The summed E-state index contributed by atoms with van der Waals surface area (Å²) in [5.74, 6) is -0.370. The number of ether oxygens (including phenoxy) is 2. The number of aryl methyl sites for hydroxylation is 2. The van der Waals surface area contributed by atoms with E-state index in [9.17, 15) is 14.4 Å². The molecule has 0 unspecified atom stereocenters. The van der Waals surface area contributed by atoms with Crippen molar-refractivity contribution in [3.8, 4) is 5.75 Å². The normalized spacial score (nSPS) is 14.9. The molecule has 0 spiro atoms. The summed E-state index contributed by atoms with van der Waals surface area (Å²) in [6, 6.07) is 5.70. The lowest BCUT2D eigenvalue weighted by molar-refractivity contribution is -0.133. The lowest BCUT2D eigenvalue weighted by Crippen LogP contribution is -2.49. The third kappa shape index (κ3) is 7.63. The zero-order valence-corrected chi connectivity index (χ0v) is 17.8. The summed E-state index contributed by atoms with van der Waals surface area (Å²) in [4.78, 5) is 37.9. The first-order chi connectivity index (χ1) is 13.5. The minimum Gasteiger partial charge on any atom is -0.484 e. The quantitative estimate of drug-likeness (QED) is 0.750. The molecule has 1 saturated heterocycles. The van der Waals surface area contributed by atoms with Crippen molar-refractivity contribution in [2.45, 2.75) is 53.1 Å². The summed E-state index contributed by atoms with van der Waals surface area (Å²) < 4.78 is 10.8. The molecule has 2 N–H and O–H groups in total. The molecule has 0 saturated carbocycles. The highest BCUT2D eigenvalue weighted by molar-refractivity contribution is 5.84. The van der Waals surface area contributed by atoms with Gasteiger partial charge in [0.2, 0.25) is 5.91 Å². The number of benzene rings is 1. The van der Waals surface area contributed by atoms with E-state index >= 15 is 0 Å². The summed E-state index contributed by atoms with van der Waals surface area (Å²) in [5.41, 5.74) is 6.36. The molecule has 2 rings (SSSR count). The van der Waals surface area contributed by atoms with Gasteiger partial charge >= 0.3 is 6.09 Å². The number of hydrazine groups is 1. The molecule has 8 nitrogen and oxygen atoms in total. The Bertz CT molecular complexity index is 729. The molecular weight excluding hydrogens is 374 g/mol. The van der Waals surface area contributed by atoms with Crippen molar-refractivity contribution < 1.29 is 23.9 Å². The maximum absolute atomic E-state index is 12.3. The zero-order chi connectivity index (χ0) is 21.6. The summed E-state index contributed by atoms with van der Waals surface area (Å²) >= 11 is 0. The fraction of sp³-hybridized carbons (Fsp3) is 0.571. The Morgan fingerprint density at radius 2 is 1.62 bits per heavy atom. The molecule has 0 radical (unpaired) electrons. The van der Waals surface area contributed by atoms with E-state index in [1.165, 1.54) is 0 Å². The highest BCUT2D eigenvalue weighted by Gasteiger charge is 2.30. The van der Waals surface area contributed by atoms with Crippen LogP contribution in [0.4, 0.5) is 4.79 Å². The number of rotatable bonds is 4. The van der Waals surface area contributed by atoms with Crippen molar-refractivity contribution in [1.82, 2.24) is 15.8 Å². The largest absolute Gasteiger partial charge is 0.484 e. The summed E-state index contributed by atoms with van der Waals surface area (Å²) in [5, 5.41) is 0. The average Bonchev–Trinajstić information content (AvgIpc) is 2.62. The molecule has 1 aliphatic heterocycles. The molecule has 0 atom stereocenters. The number of likely N-dealkylation sites (tertiary alicyclic amines) is 1. The summed E-state index contributed by atoms with van der Waals surface area (Å²) in [6.07, 6.45) is 0.660. The van der Waals surface area contributed by atoms with E-state index in [1.807, 2.05) is 52.8 Å². The Balaban J connectivity index is 1.70. The van der Waals surface area contributed by atoms with Crippen LogP contribution in [0.3, 0.4) is 0 Å². The lowest BCUT2D eigenvalue weighted by Gasteiger charge is -2.32. The molecule has 1 aromatic rings. The number of nitrogens with one attached hydrogen (secondary N) is 2. The van der Waals surface area contributed by atoms with Crippen LogP contribution in [0.15, 0.2) is 18.2 Å². The highest BCUT2D eigenvalue weighted by atomic mass is 16.6. The highest BCUT2D eigenvalue weighted by Crippen LogP contribution is 2.20. The van der Waals surface area contributed by atoms with Crippen LogP contribution < -0.4 is 15.6 Å². The molecule has 1 fully saturated rings. The summed E-state index contributed by atoms with van der Waals surface area (Å²) in [6.45, 7) is 10.0. The number of nitrogens with zero attached hydrogens (tertiary/aromatic N) is 1. The Morgan fingerprint density at radius 3 is 2.17 bits per heavy atom. The van der Waals surface area contributed by atoms with Crippen LogP contribution in [0.25, 0.3) is 0 Å². The Hall–Kier alpha value is -2.77. The van der Waals surface area contributed by atoms with E-state index in [0.717, 1.165) is 11.1 Å². The predicted molar refractivity (Wildman–Crippen MR) is 108 cm³/mol. The van der Waals surface area contributed by atoms with Gasteiger partial charge in [0, 0.05) is 19.0 Å². The van der Waals surface area contributed by atoms with Crippen LogP contribution in [-0.2, 0) is 14.3 Å². The van der Waals surface area contributed by atoms with Crippen LogP contribution in [0.5, 0.6) is 5.75 Å². The third-order valence-electron chi connectivity index (χ3n) is 4.41. The number of hydrogen-bond acceptors (Lipinski definition) is 5.